The van der Waals surface area contributed by atoms with Crippen LogP contribution in [0, 0.1) is 0 Å². The lowest BCUT2D eigenvalue weighted by Gasteiger charge is -2.13. The fourth-order valence-corrected chi connectivity index (χ4v) is 4.45. The van der Waals surface area contributed by atoms with Crippen LogP contribution in [0.3, 0.4) is 0 Å². The number of nitrogens with two attached hydrogens (primary N) is 1. The number of primary sulfonamides is 1. The van der Waals surface area contributed by atoms with Crippen molar-refractivity contribution in [1.82, 2.24) is 9.55 Å². The zero-order valence-electron chi connectivity index (χ0n) is 13.9. The Kier molecular flexibility index (Phi) is 6.12. The normalized spacial score (nSPS) is 11.8. The molecular formula is C17H15Cl2N3O3S2. The van der Waals surface area contributed by atoms with E-state index in [-0.39, 0.29) is 11.3 Å². The predicted octanol–water partition coefficient (Wildman–Crippen LogP) is 3.46. The molecule has 0 saturated carbocycles. The summed E-state index contributed by atoms with van der Waals surface area (Å²) in [5.41, 5.74) is 0.849. The Labute approximate surface area is 170 Å². The fourth-order valence-electron chi connectivity index (χ4n) is 2.48. The average Bonchev–Trinajstić information content (AvgIpc) is 2.59. The van der Waals surface area contributed by atoms with Crippen molar-refractivity contribution in [1.29, 1.82) is 0 Å². The standard InChI is InChI=1S/C17H15Cl2N3O3S2/c18-11-2-5-13(6-3-11)22-16(23)14-7-4-12(19)10-15(14)21-17(22)26-8-1-9-27(20,24)25/h2-7,10H,1,8-9H2,(H2,20,24,25). The molecule has 0 aliphatic rings. The highest BCUT2D eigenvalue weighted by Crippen LogP contribution is 2.24. The predicted molar refractivity (Wildman–Crippen MR) is 111 cm³/mol. The van der Waals surface area contributed by atoms with Crippen molar-refractivity contribution in [2.75, 3.05) is 11.5 Å². The van der Waals surface area contributed by atoms with Crippen molar-refractivity contribution in [3.63, 3.8) is 0 Å². The number of benzene rings is 2. The van der Waals surface area contributed by atoms with Gasteiger partial charge in [0.05, 0.1) is 22.3 Å². The molecule has 1 heterocycles. The van der Waals surface area contributed by atoms with Crippen LogP contribution in [-0.4, -0.2) is 29.5 Å². The summed E-state index contributed by atoms with van der Waals surface area (Å²) >= 11 is 13.2. The summed E-state index contributed by atoms with van der Waals surface area (Å²) in [5, 5.41) is 6.93. The molecule has 0 bridgehead atoms. The van der Waals surface area contributed by atoms with E-state index >= 15 is 0 Å². The molecule has 3 aromatic rings. The Morgan fingerprint density at radius 1 is 1.07 bits per heavy atom. The Balaban J connectivity index is 2.06. The summed E-state index contributed by atoms with van der Waals surface area (Å²) < 4.78 is 23.7. The number of hydrogen-bond donors (Lipinski definition) is 1. The van der Waals surface area contributed by atoms with Gasteiger partial charge in [-0.05, 0) is 48.9 Å². The van der Waals surface area contributed by atoms with Gasteiger partial charge >= 0.3 is 0 Å². The highest BCUT2D eigenvalue weighted by molar-refractivity contribution is 7.99. The molecule has 1 aromatic heterocycles. The largest absolute Gasteiger partial charge is 0.268 e. The molecule has 10 heteroatoms. The molecule has 0 radical (unpaired) electrons. The third kappa shape index (κ3) is 5.03. The van der Waals surface area contributed by atoms with Gasteiger partial charge in [0.15, 0.2) is 5.16 Å². The second-order valence-electron chi connectivity index (χ2n) is 5.74. The number of aromatic nitrogens is 2. The third-order valence-electron chi connectivity index (χ3n) is 3.69. The van der Waals surface area contributed by atoms with E-state index in [1.165, 1.54) is 16.3 Å². The second-order valence-corrected chi connectivity index (χ2v) is 9.41. The molecule has 0 amide bonds. The van der Waals surface area contributed by atoms with Crippen LogP contribution >= 0.6 is 35.0 Å². The van der Waals surface area contributed by atoms with E-state index in [2.05, 4.69) is 4.98 Å². The highest BCUT2D eigenvalue weighted by atomic mass is 35.5. The van der Waals surface area contributed by atoms with Gasteiger partial charge in [-0.3, -0.25) is 9.36 Å². The molecule has 3 rings (SSSR count). The van der Waals surface area contributed by atoms with Crippen LogP contribution in [0.15, 0.2) is 52.4 Å². The van der Waals surface area contributed by atoms with Gasteiger partial charge < -0.3 is 0 Å². The van der Waals surface area contributed by atoms with Gasteiger partial charge in [0.1, 0.15) is 0 Å². The van der Waals surface area contributed by atoms with Gasteiger partial charge in [0.25, 0.3) is 5.56 Å². The second kappa shape index (κ2) is 8.20. The molecule has 0 atom stereocenters. The number of hydrogen-bond acceptors (Lipinski definition) is 5. The molecule has 0 aliphatic carbocycles. The minimum absolute atomic E-state index is 0.134. The zero-order valence-corrected chi connectivity index (χ0v) is 17.1. The lowest BCUT2D eigenvalue weighted by molar-refractivity contribution is 0.596. The molecule has 2 N–H and O–H groups in total. The number of sulfonamides is 1. The molecule has 27 heavy (non-hydrogen) atoms. The molecule has 2 aromatic carbocycles. The van der Waals surface area contributed by atoms with E-state index in [0.717, 1.165) is 0 Å². The van der Waals surface area contributed by atoms with Crippen LogP contribution in [0.25, 0.3) is 16.6 Å². The van der Waals surface area contributed by atoms with Gasteiger partial charge in [0, 0.05) is 15.8 Å². The van der Waals surface area contributed by atoms with Gasteiger partial charge in [-0.2, -0.15) is 0 Å². The maximum Gasteiger partial charge on any atom is 0.266 e. The van der Waals surface area contributed by atoms with Crippen LogP contribution in [0.2, 0.25) is 10.0 Å². The molecule has 0 aliphatic heterocycles. The SMILES string of the molecule is NS(=O)(=O)CCCSc1nc2cc(Cl)ccc2c(=O)n1-c1ccc(Cl)cc1. The first-order chi connectivity index (χ1) is 12.7. The Morgan fingerprint density at radius 2 is 1.74 bits per heavy atom. The molecule has 0 fully saturated rings. The first-order valence-corrected chi connectivity index (χ1v) is 11.3. The van der Waals surface area contributed by atoms with Crippen LogP contribution in [0.5, 0.6) is 0 Å². The maximum atomic E-state index is 13.1. The quantitative estimate of drug-likeness (QED) is 0.357. The average molecular weight is 444 g/mol. The lowest BCUT2D eigenvalue weighted by Crippen LogP contribution is -2.22. The summed E-state index contributed by atoms with van der Waals surface area (Å²) in [5.74, 6) is 0.299. The van der Waals surface area contributed by atoms with Gasteiger partial charge in [-0.1, -0.05) is 35.0 Å². The van der Waals surface area contributed by atoms with Crippen molar-refractivity contribution in [3.8, 4) is 5.69 Å². The summed E-state index contributed by atoms with van der Waals surface area (Å²) in [6.45, 7) is 0. The van der Waals surface area contributed by atoms with E-state index in [0.29, 0.717) is 44.0 Å². The van der Waals surface area contributed by atoms with Gasteiger partial charge in [-0.25, -0.2) is 18.5 Å². The number of nitrogens with zero attached hydrogens (tertiary/aromatic N) is 2. The first kappa shape index (κ1) is 20.2. The van der Waals surface area contributed by atoms with Crippen molar-refractivity contribution in [2.45, 2.75) is 11.6 Å². The van der Waals surface area contributed by atoms with Crippen LogP contribution in [-0.2, 0) is 10.0 Å². The highest BCUT2D eigenvalue weighted by Gasteiger charge is 2.14. The first-order valence-electron chi connectivity index (χ1n) is 7.86. The molecule has 0 unspecified atom stereocenters. The van der Waals surface area contributed by atoms with E-state index in [1.807, 2.05) is 0 Å². The van der Waals surface area contributed by atoms with Gasteiger partial charge in [-0.15, -0.1) is 0 Å². The van der Waals surface area contributed by atoms with Crippen molar-refractivity contribution < 1.29 is 8.42 Å². The van der Waals surface area contributed by atoms with Gasteiger partial charge in [0.2, 0.25) is 10.0 Å². The Bertz CT molecular complexity index is 1150. The Morgan fingerprint density at radius 3 is 2.41 bits per heavy atom. The minimum atomic E-state index is -3.53. The topological polar surface area (TPSA) is 95.1 Å². The molecule has 0 spiro atoms. The summed E-state index contributed by atoms with van der Waals surface area (Å²) in [7, 11) is -3.53. The summed E-state index contributed by atoms with van der Waals surface area (Å²) in [4.78, 5) is 17.6. The lowest BCUT2D eigenvalue weighted by atomic mass is 10.2. The van der Waals surface area contributed by atoms with Crippen molar-refractivity contribution >= 4 is 55.9 Å². The maximum absolute atomic E-state index is 13.1. The number of rotatable bonds is 6. The monoisotopic (exact) mass is 443 g/mol. The van der Waals surface area contributed by atoms with Crippen LogP contribution in [0.1, 0.15) is 6.42 Å². The van der Waals surface area contributed by atoms with E-state index < -0.39 is 10.0 Å². The van der Waals surface area contributed by atoms with Crippen molar-refractivity contribution in [3.05, 3.63) is 62.9 Å². The summed E-state index contributed by atoms with van der Waals surface area (Å²) in [6, 6.07) is 11.7. The van der Waals surface area contributed by atoms with E-state index in [1.54, 1.807) is 42.5 Å². The number of thioether (sulfide) groups is 1. The minimum Gasteiger partial charge on any atom is -0.268 e. The molecule has 142 valence electrons. The van der Waals surface area contributed by atoms with Crippen LogP contribution in [0.4, 0.5) is 0 Å². The molecule has 0 saturated heterocycles. The molecule has 6 nitrogen and oxygen atoms in total. The van der Waals surface area contributed by atoms with Crippen molar-refractivity contribution in [2.24, 2.45) is 5.14 Å². The van der Waals surface area contributed by atoms with Crippen LogP contribution < -0.4 is 10.7 Å². The van der Waals surface area contributed by atoms with E-state index in [4.69, 9.17) is 28.3 Å². The van der Waals surface area contributed by atoms with E-state index in [9.17, 15) is 13.2 Å². The smallest absolute Gasteiger partial charge is 0.266 e. The number of fused-ring (bicyclic) bond motifs is 1. The fraction of sp³-hybridized carbons (Fsp3) is 0.176. The number of halogens is 2. The Hall–Kier alpha value is -1.58. The third-order valence-corrected chi connectivity index (χ3v) is 6.06. The summed E-state index contributed by atoms with van der Waals surface area (Å²) in [6.07, 6.45) is 0.341. The molecular weight excluding hydrogens is 429 g/mol. The zero-order chi connectivity index (χ0) is 19.6.